The minimum atomic E-state index is -0.707. The third-order valence-electron chi connectivity index (χ3n) is 7.20. The highest BCUT2D eigenvalue weighted by Crippen LogP contribution is 2.26. The number of benzene rings is 2. The molecule has 1 saturated heterocycles. The molecule has 196 valence electrons. The Morgan fingerprint density at radius 1 is 1.05 bits per heavy atom. The van der Waals surface area contributed by atoms with Crippen LogP contribution in [-0.2, 0) is 11.2 Å². The fraction of sp³-hybridized carbons (Fsp3) is 0.200. The molecule has 2 amide bonds. The van der Waals surface area contributed by atoms with Gasteiger partial charge in [0.1, 0.15) is 5.82 Å². The van der Waals surface area contributed by atoms with Crippen LogP contribution in [0.1, 0.15) is 34.5 Å². The molecule has 4 heterocycles. The summed E-state index contributed by atoms with van der Waals surface area (Å²) in [5.74, 6) is -1.76. The predicted molar refractivity (Wildman–Crippen MR) is 143 cm³/mol. The van der Waals surface area contributed by atoms with E-state index in [1.54, 1.807) is 41.0 Å². The summed E-state index contributed by atoms with van der Waals surface area (Å²) in [4.78, 5) is 34.6. The highest BCUT2D eigenvalue weighted by atomic mass is 19.1. The highest BCUT2D eigenvalue weighted by molar-refractivity contribution is 5.95. The Balaban J connectivity index is 1.26. The number of likely N-dealkylation sites (N-methyl/N-ethyl adjacent to an activating group) is 1. The maximum Gasteiger partial charge on any atom is 0.254 e. The molecule has 0 radical (unpaired) electrons. The standard InChI is InChI=1S/C30H25F2N5O2/c1-36-17-22(6-9-28(36)38)35-30(39)24-7-5-19(13-25(24)31)21-14-26(32)29-34-15-23(37(29)16-21)12-18-4-8-27-20(11-18)3-2-10-33-27/h2-5,7-8,10-11,13-16,22H,6,9,12,17H2,1H3,(H,35,39). The first-order valence-corrected chi connectivity index (χ1v) is 12.7. The van der Waals surface area contributed by atoms with Gasteiger partial charge >= 0.3 is 0 Å². The number of carbonyl (C=O) groups is 2. The van der Waals surface area contributed by atoms with E-state index in [9.17, 15) is 9.59 Å². The molecule has 3 aromatic heterocycles. The summed E-state index contributed by atoms with van der Waals surface area (Å²) in [5.41, 5.74) is 3.68. The van der Waals surface area contributed by atoms with Crippen LogP contribution in [0.2, 0.25) is 0 Å². The second-order valence-corrected chi connectivity index (χ2v) is 9.91. The molecule has 0 spiro atoms. The second-order valence-electron chi connectivity index (χ2n) is 9.91. The number of aromatic nitrogens is 3. The summed E-state index contributed by atoms with van der Waals surface area (Å²) >= 11 is 0. The number of pyridine rings is 2. The summed E-state index contributed by atoms with van der Waals surface area (Å²) in [6.07, 6.45) is 6.48. The number of hydrogen-bond donors (Lipinski definition) is 1. The van der Waals surface area contributed by atoms with Gasteiger partial charge in [0.25, 0.3) is 5.91 Å². The number of nitrogens with one attached hydrogen (secondary N) is 1. The van der Waals surface area contributed by atoms with Crippen molar-refractivity contribution in [2.45, 2.75) is 25.3 Å². The Labute approximate surface area is 223 Å². The van der Waals surface area contributed by atoms with Gasteiger partial charge in [0.15, 0.2) is 11.5 Å². The molecule has 1 aliphatic heterocycles. The van der Waals surface area contributed by atoms with Crippen LogP contribution in [-0.4, -0.2) is 50.7 Å². The summed E-state index contributed by atoms with van der Waals surface area (Å²) in [6.45, 7) is 0.382. The van der Waals surface area contributed by atoms with Crippen molar-refractivity contribution >= 4 is 28.4 Å². The number of rotatable bonds is 5. The quantitative estimate of drug-likeness (QED) is 0.359. The van der Waals surface area contributed by atoms with Crippen LogP contribution in [0.15, 0.2) is 73.2 Å². The van der Waals surface area contributed by atoms with E-state index in [0.29, 0.717) is 36.9 Å². The molecular formula is C30H25F2N5O2. The lowest BCUT2D eigenvalue weighted by Gasteiger charge is -2.30. The van der Waals surface area contributed by atoms with Crippen LogP contribution in [0.25, 0.3) is 27.7 Å². The SMILES string of the molecule is CN1CC(NC(=O)c2ccc(-c3cc(F)c4ncc(Cc5ccc6ncccc6c5)n4c3)cc2F)CCC1=O. The van der Waals surface area contributed by atoms with E-state index in [0.717, 1.165) is 22.2 Å². The maximum absolute atomic E-state index is 15.1. The van der Waals surface area contributed by atoms with Crippen molar-refractivity contribution < 1.29 is 18.4 Å². The number of imidazole rings is 1. The fourth-order valence-corrected chi connectivity index (χ4v) is 5.10. The molecule has 2 aromatic carbocycles. The summed E-state index contributed by atoms with van der Waals surface area (Å²) in [5, 5.41) is 3.82. The van der Waals surface area contributed by atoms with E-state index >= 15 is 8.78 Å². The average molecular weight is 526 g/mol. The minimum absolute atomic E-state index is 0.0239. The number of halogens is 2. The lowest BCUT2D eigenvalue weighted by Crippen LogP contribution is -2.48. The number of likely N-dealkylation sites (tertiary alicyclic amines) is 1. The van der Waals surface area contributed by atoms with Gasteiger partial charge in [-0.15, -0.1) is 0 Å². The van der Waals surface area contributed by atoms with Gasteiger partial charge in [0, 0.05) is 67.7 Å². The Bertz CT molecular complexity index is 1750. The molecule has 7 nitrogen and oxygen atoms in total. The maximum atomic E-state index is 15.1. The zero-order valence-corrected chi connectivity index (χ0v) is 21.2. The summed E-state index contributed by atoms with van der Waals surface area (Å²) in [7, 11) is 1.68. The molecule has 0 saturated carbocycles. The molecule has 0 aliphatic carbocycles. The zero-order chi connectivity index (χ0) is 27.1. The number of amides is 2. The molecular weight excluding hydrogens is 500 g/mol. The normalized spacial score (nSPS) is 15.7. The van der Waals surface area contributed by atoms with E-state index in [2.05, 4.69) is 15.3 Å². The highest BCUT2D eigenvalue weighted by Gasteiger charge is 2.25. The van der Waals surface area contributed by atoms with Gasteiger partial charge in [-0.1, -0.05) is 18.2 Å². The Hall–Kier alpha value is -4.66. The van der Waals surface area contributed by atoms with Crippen molar-refractivity contribution in [1.29, 1.82) is 0 Å². The first-order chi connectivity index (χ1) is 18.9. The summed E-state index contributed by atoms with van der Waals surface area (Å²) < 4.78 is 31.8. The van der Waals surface area contributed by atoms with Gasteiger partial charge in [-0.2, -0.15) is 0 Å². The molecule has 6 rings (SSSR count). The minimum Gasteiger partial charge on any atom is -0.347 e. The van der Waals surface area contributed by atoms with Gasteiger partial charge in [-0.25, -0.2) is 13.8 Å². The van der Waals surface area contributed by atoms with Crippen LogP contribution < -0.4 is 5.32 Å². The zero-order valence-electron chi connectivity index (χ0n) is 21.2. The van der Waals surface area contributed by atoms with Crippen molar-refractivity contribution in [3.05, 3.63) is 102 Å². The van der Waals surface area contributed by atoms with Crippen LogP contribution >= 0.6 is 0 Å². The molecule has 1 N–H and O–H groups in total. The number of nitrogens with zero attached hydrogens (tertiary/aromatic N) is 4. The van der Waals surface area contributed by atoms with Gasteiger partial charge in [0.2, 0.25) is 5.91 Å². The van der Waals surface area contributed by atoms with Crippen molar-refractivity contribution in [3.63, 3.8) is 0 Å². The number of piperidine rings is 1. The molecule has 1 aliphatic rings. The molecule has 5 aromatic rings. The van der Waals surface area contributed by atoms with Gasteiger partial charge in [-0.05, 0) is 53.9 Å². The third-order valence-corrected chi connectivity index (χ3v) is 7.20. The van der Waals surface area contributed by atoms with E-state index in [-0.39, 0.29) is 23.2 Å². The van der Waals surface area contributed by atoms with Crippen LogP contribution in [0.5, 0.6) is 0 Å². The fourth-order valence-electron chi connectivity index (χ4n) is 5.10. The van der Waals surface area contributed by atoms with Gasteiger partial charge in [-0.3, -0.25) is 14.6 Å². The van der Waals surface area contributed by atoms with Crippen molar-refractivity contribution in [1.82, 2.24) is 24.6 Å². The molecule has 1 atom stereocenters. The number of carbonyl (C=O) groups excluding carboxylic acids is 2. The number of fused-ring (bicyclic) bond motifs is 2. The Kier molecular flexibility index (Phi) is 6.26. The Morgan fingerprint density at radius 3 is 2.72 bits per heavy atom. The van der Waals surface area contributed by atoms with E-state index in [1.807, 2.05) is 30.3 Å². The molecule has 1 unspecified atom stereocenters. The van der Waals surface area contributed by atoms with Gasteiger partial charge in [0.05, 0.1) is 11.1 Å². The lowest BCUT2D eigenvalue weighted by molar-refractivity contribution is -0.132. The lowest BCUT2D eigenvalue weighted by atomic mass is 10.0. The van der Waals surface area contributed by atoms with Crippen LogP contribution in [0.3, 0.4) is 0 Å². The number of hydrogen-bond acceptors (Lipinski definition) is 4. The summed E-state index contributed by atoms with van der Waals surface area (Å²) in [6, 6.07) is 15.2. The topological polar surface area (TPSA) is 79.6 Å². The van der Waals surface area contributed by atoms with E-state index in [4.69, 9.17) is 0 Å². The monoisotopic (exact) mass is 525 g/mol. The van der Waals surface area contributed by atoms with Crippen molar-refractivity contribution in [2.24, 2.45) is 0 Å². The second kappa shape index (κ2) is 9.90. The van der Waals surface area contributed by atoms with Crippen molar-refractivity contribution in [2.75, 3.05) is 13.6 Å². The van der Waals surface area contributed by atoms with E-state index < -0.39 is 17.5 Å². The van der Waals surface area contributed by atoms with Crippen molar-refractivity contribution in [3.8, 4) is 11.1 Å². The molecule has 0 bridgehead atoms. The first kappa shape index (κ1) is 24.7. The van der Waals surface area contributed by atoms with Gasteiger partial charge < -0.3 is 14.6 Å². The van der Waals surface area contributed by atoms with Crippen LogP contribution in [0, 0.1) is 11.6 Å². The molecule has 9 heteroatoms. The first-order valence-electron chi connectivity index (χ1n) is 12.7. The molecule has 1 fully saturated rings. The molecule has 39 heavy (non-hydrogen) atoms. The third kappa shape index (κ3) is 4.83. The van der Waals surface area contributed by atoms with Crippen LogP contribution in [0.4, 0.5) is 8.78 Å². The Morgan fingerprint density at radius 2 is 1.90 bits per heavy atom. The van der Waals surface area contributed by atoms with E-state index in [1.165, 1.54) is 18.2 Å². The average Bonchev–Trinajstić information content (AvgIpc) is 3.33. The smallest absolute Gasteiger partial charge is 0.254 e. The predicted octanol–water partition coefficient (Wildman–Crippen LogP) is 4.77. The largest absolute Gasteiger partial charge is 0.347 e.